The number of hydrogen-bond donors (Lipinski definition) is 2. The summed E-state index contributed by atoms with van der Waals surface area (Å²) in [6.07, 6.45) is 0. The van der Waals surface area contributed by atoms with E-state index in [1.165, 1.54) is 22.3 Å². The van der Waals surface area contributed by atoms with E-state index in [4.69, 9.17) is 15.6 Å². The molecule has 0 bridgehead atoms. The Kier molecular flexibility index (Phi) is 11.5. The molecule has 0 aliphatic carbocycles. The predicted molar refractivity (Wildman–Crippen MR) is 170 cm³/mol. The quantitative estimate of drug-likeness (QED) is 0.209. The molecule has 0 amide bonds. The van der Waals surface area contributed by atoms with Crippen LogP contribution in [0.1, 0.15) is 61.8 Å². The topological polar surface area (TPSA) is 81.6 Å². The molecule has 0 saturated heterocycles. The van der Waals surface area contributed by atoms with Crippen molar-refractivity contribution in [3.63, 3.8) is 0 Å². The molecule has 0 fully saturated rings. The second-order valence-electron chi connectivity index (χ2n) is 10.8. The van der Waals surface area contributed by atoms with E-state index in [1.807, 2.05) is 56.6 Å². The van der Waals surface area contributed by atoms with Crippen molar-refractivity contribution in [2.24, 2.45) is 5.14 Å². The van der Waals surface area contributed by atoms with Gasteiger partial charge in [0.2, 0.25) is 0 Å². The molecule has 4 N–H and O–H groups in total. The van der Waals surface area contributed by atoms with E-state index < -0.39 is 11.0 Å². The van der Waals surface area contributed by atoms with E-state index in [0.717, 1.165) is 29.1 Å². The minimum atomic E-state index is -1.36. The zero-order chi connectivity index (χ0) is 29.2. The first-order valence-electron chi connectivity index (χ1n) is 13.7. The molecule has 4 aromatic carbocycles. The Morgan fingerprint density at radius 1 is 0.775 bits per heavy atom. The Hall–Kier alpha value is -3.45. The fourth-order valence-electron chi connectivity index (χ4n) is 4.47. The van der Waals surface area contributed by atoms with Crippen molar-refractivity contribution in [3.8, 4) is 16.9 Å². The molecule has 40 heavy (non-hydrogen) atoms. The normalized spacial score (nSPS) is 11.8. The van der Waals surface area contributed by atoms with Crippen LogP contribution in [0.5, 0.6) is 5.75 Å². The van der Waals surface area contributed by atoms with Crippen LogP contribution in [-0.4, -0.2) is 23.2 Å². The van der Waals surface area contributed by atoms with Crippen LogP contribution in [0.3, 0.4) is 0 Å². The highest BCUT2D eigenvalue weighted by molar-refractivity contribution is 7.82. The SMILES string of the molecule is CC(C)c1cc(-c2ccccc2OCc2ccccc2)cc(C(C)C)c1N.CN(C)Cc1ccc(S(N)=O)cc1. The zero-order valence-electron chi connectivity index (χ0n) is 24.6. The molecule has 4 rings (SSSR count). The van der Waals surface area contributed by atoms with Crippen molar-refractivity contribution in [1.29, 1.82) is 0 Å². The monoisotopic (exact) mass is 557 g/mol. The Balaban J connectivity index is 0.000000285. The summed E-state index contributed by atoms with van der Waals surface area (Å²) in [4.78, 5) is 2.75. The number of hydrogen-bond acceptors (Lipinski definition) is 4. The van der Waals surface area contributed by atoms with Gasteiger partial charge in [-0.1, -0.05) is 88.4 Å². The summed E-state index contributed by atoms with van der Waals surface area (Å²) in [6.45, 7) is 10.2. The van der Waals surface area contributed by atoms with Crippen molar-refractivity contribution >= 4 is 16.7 Å². The number of para-hydroxylation sites is 1. The molecule has 5 nitrogen and oxygen atoms in total. The number of nitrogen functional groups attached to an aromatic ring is 1. The number of benzene rings is 4. The van der Waals surface area contributed by atoms with Crippen LogP contribution >= 0.6 is 0 Å². The van der Waals surface area contributed by atoms with Crippen molar-refractivity contribution in [1.82, 2.24) is 4.90 Å². The first-order valence-corrected chi connectivity index (χ1v) is 14.9. The lowest BCUT2D eigenvalue weighted by molar-refractivity contribution is 0.307. The van der Waals surface area contributed by atoms with Crippen LogP contribution in [0.2, 0.25) is 0 Å². The van der Waals surface area contributed by atoms with Crippen molar-refractivity contribution < 1.29 is 8.95 Å². The fourth-order valence-corrected chi connectivity index (χ4v) is 4.87. The standard InChI is InChI=1S/C25H29NO.C9H14N2OS/c1-17(2)22-14-20(15-23(18(3)4)25(22)26)21-12-8-9-13-24(21)27-16-19-10-6-5-7-11-19;1-11(2)7-8-3-5-9(6-4-8)13(10)12/h5-15,17-18H,16,26H2,1-4H3;3-6H,7,10H2,1-2H3. The van der Waals surface area contributed by atoms with Crippen LogP contribution < -0.4 is 15.6 Å². The highest BCUT2D eigenvalue weighted by Gasteiger charge is 2.16. The lowest BCUT2D eigenvalue weighted by Gasteiger charge is -2.20. The summed E-state index contributed by atoms with van der Waals surface area (Å²) >= 11 is 0. The van der Waals surface area contributed by atoms with Gasteiger partial charge in [-0.2, -0.15) is 0 Å². The first-order chi connectivity index (χ1) is 19.1. The third-order valence-corrected chi connectivity index (χ3v) is 7.31. The third-order valence-electron chi connectivity index (χ3n) is 6.58. The Labute approximate surface area is 242 Å². The molecule has 0 radical (unpaired) electrons. The average Bonchev–Trinajstić information content (AvgIpc) is 2.93. The van der Waals surface area contributed by atoms with Gasteiger partial charge in [-0.25, -0.2) is 9.35 Å². The summed E-state index contributed by atoms with van der Waals surface area (Å²) in [5, 5.41) is 5.23. The van der Waals surface area contributed by atoms with Crippen LogP contribution in [0.25, 0.3) is 11.1 Å². The smallest absolute Gasteiger partial charge is 0.127 e. The van der Waals surface area contributed by atoms with E-state index in [0.29, 0.717) is 23.3 Å². The Morgan fingerprint density at radius 2 is 1.32 bits per heavy atom. The zero-order valence-corrected chi connectivity index (χ0v) is 25.4. The summed E-state index contributed by atoms with van der Waals surface area (Å²) in [7, 11) is 2.65. The number of ether oxygens (including phenoxy) is 1. The van der Waals surface area contributed by atoms with Crippen LogP contribution in [-0.2, 0) is 24.1 Å². The van der Waals surface area contributed by atoms with Gasteiger partial charge in [-0.15, -0.1) is 0 Å². The van der Waals surface area contributed by atoms with Gasteiger partial charge >= 0.3 is 0 Å². The van der Waals surface area contributed by atoms with Gasteiger partial charge in [0.1, 0.15) is 23.3 Å². The summed E-state index contributed by atoms with van der Waals surface area (Å²) in [5.74, 6) is 1.65. The second-order valence-corrected chi connectivity index (χ2v) is 11.9. The molecule has 0 saturated carbocycles. The summed E-state index contributed by atoms with van der Waals surface area (Å²) < 4.78 is 17.0. The molecule has 0 aromatic heterocycles. The largest absolute Gasteiger partial charge is 0.488 e. The van der Waals surface area contributed by atoms with Crippen LogP contribution in [0.15, 0.2) is 95.9 Å². The van der Waals surface area contributed by atoms with Crippen molar-refractivity contribution in [2.45, 2.75) is 57.6 Å². The van der Waals surface area contributed by atoms with Gasteiger partial charge in [-0.3, -0.25) is 0 Å². The van der Waals surface area contributed by atoms with E-state index in [2.05, 4.69) is 69.0 Å². The number of anilines is 1. The highest BCUT2D eigenvalue weighted by atomic mass is 32.2. The molecule has 212 valence electrons. The average molecular weight is 558 g/mol. The van der Waals surface area contributed by atoms with Gasteiger partial charge in [0, 0.05) is 17.8 Å². The van der Waals surface area contributed by atoms with E-state index in [1.54, 1.807) is 12.1 Å². The molecule has 4 aromatic rings. The first kappa shape index (κ1) is 31.1. The van der Waals surface area contributed by atoms with Gasteiger partial charge in [0.25, 0.3) is 0 Å². The molecule has 1 atom stereocenters. The van der Waals surface area contributed by atoms with Gasteiger partial charge in [-0.05, 0) is 84.1 Å². The van der Waals surface area contributed by atoms with E-state index >= 15 is 0 Å². The van der Waals surface area contributed by atoms with E-state index in [9.17, 15) is 4.21 Å². The number of nitrogens with two attached hydrogens (primary N) is 2. The van der Waals surface area contributed by atoms with Crippen LogP contribution in [0, 0.1) is 0 Å². The lowest BCUT2D eigenvalue weighted by Crippen LogP contribution is -2.10. The molecule has 1 unspecified atom stereocenters. The third kappa shape index (κ3) is 8.78. The molecule has 6 heteroatoms. The van der Waals surface area contributed by atoms with Crippen molar-refractivity contribution in [2.75, 3.05) is 19.8 Å². The molecule has 0 aliphatic heterocycles. The maximum absolute atomic E-state index is 10.9. The maximum atomic E-state index is 10.9. The minimum absolute atomic E-state index is 0.375. The lowest BCUT2D eigenvalue weighted by atomic mass is 9.88. The van der Waals surface area contributed by atoms with Gasteiger partial charge < -0.3 is 15.4 Å². The Bertz CT molecular complexity index is 1360. The molecule has 0 aliphatic rings. The second kappa shape index (κ2) is 14.8. The van der Waals surface area contributed by atoms with Gasteiger partial charge in [0.05, 0.1) is 4.90 Å². The number of nitrogens with zero attached hydrogens (tertiary/aromatic N) is 1. The molecular formula is C34H43N3O2S. The molecular weight excluding hydrogens is 514 g/mol. The minimum Gasteiger partial charge on any atom is -0.488 e. The fraction of sp³-hybridized carbons (Fsp3) is 0.294. The number of rotatable bonds is 9. The van der Waals surface area contributed by atoms with Gasteiger partial charge in [0.15, 0.2) is 0 Å². The summed E-state index contributed by atoms with van der Waals surface area (Å²) in [6, 6.07) is 30.4. The summed E-state index contributed by atoms with van der Waals surface area (Å²) in [5.41, 5.74) is 14.4. The molecule has 0 spiro atoms. The molecule has 0 heterocycles. The van der Waals surface area contributed by atoms with E-state index in [-0.39, 0.29) is 0 Å². The highest BCUT2D eigenvalue weighted by Crippen LogP contribution is 2.38. The Morgan fingerprint density at radius 3 is 1.85 bits per heavy atom. The predicted octanol–water partition coefficient (Wildman–Crippen LogP) is 7.49. The van der Waals surface area contributed by atoms with Crippen molar-refractivity contribution in [3.05, 3.63) is 113 Å². The van der Waals surface area contributed by atoms with Crippen LogP contribution in [0.4, 0.5) is 5.69 Å². The maximum Gasteiger partial charge on any atom is 0.127 e.